The van der Waals surface area contributed by atoms with E-state index in [1.165, 1.54) is 0 Å². The molecule has 5 heteroatoms. The van der Waals surface area contributed by atoms with Gasteiger partial charge in [-0.2, -0.15) is 0 Å². The topological polar surface area (TPSA) is 59.6 Å². The van der Waals surface area contributed by atoms with Gasteiger partial charge in [-0.15, -0.1) is 0 Å². The molecule has 1 saturated heterocycles. The maximum Gasteiger partial charge on any atom is 0.260 e. The van der Waals surface area contributed by atoms with Crippen LogP contribution in [-0.4, -0.2) is 38.8 Å². The van der Waals surface area contributed by atoms with Crippen LogP contribution < -0.4 is 10.8 Å². The lowest BCUT2D eigenvalue weighted by Gasteiger charge is -2.28. The van der Waals surface area contributed by atoms with E-state index in [0.717, 1.165) is 19.4 Å². The summed E-state index contributed by atoms with van der Waals surface area (Å²) in [5.74, 6) is 0.281. The van der Waals surface area contributed by atoms with Gasteiger partial charge in [0.1, 0.15) is 0 Å². The van der Waals surface area contributed by atoms with Gasteiger partial charge in [0.2, 0.25) is 0 Å². The van der Waals surface area contributed by atoms with E-state index in [0.29, 0.717) is 19.1 Å². The fourth-order valence-corrected chi connectivity index (χ4v) is 1.71. The summed E-state index contributed by atoms with van der Waals surface area (Å²) < 4.78 is 4.80. The lowest BCUT2D eigenvalue weighted by molar-refractivity contribution is -0.138. The highest BCUT2D eigenvalue weighted by Crippen LogP contribution is 2.15. The van der Waals surface area contributed by atoms with Crippen LogP contribution in [0.5, 0.6) is 0 Å². The monoisotopic (exact) mass is 216 g/mol. The predicted molar refractivity (Wildman–Crippen MR) is 56.2 cm³/mol. The molecule has 0 aromatic rings. The van der Waals surface area contributed by atoms with Crippen molar-refractivity contribution < 1.29 is 14.4 Å². The van der Waals surface area contributed by atoms with E-state index in [4.69, 9.17) is 9.57 Å². The molecule has 0 radical (unpaired) electrons. The van der Waals surface area contributed by atoms with Crippen molar-refractivity contribution in [2.75, 3.05) is 26.9 Å². The summed E-state index contributed by atoms with van der Waals surface area (Å²) in [4.78, 5) is 16.6. The van der Waals surface area contributed by atoms with E-state index in [2.05, 4.69) is 17.7 Å². The quantitative estimate of drug-likeness (QED) is 0.504. The lowest BCUT2D eigenvalue weighted by atomic mass is 9.92. The molecule has 0 aromatic heterocycles. The van der Waals surface area contributed by atoms with Gasteiger partial charge in [-0.05, 0) is 25.3 Å². The zero-order valence-electron chi connectivity index (χ0n) is 9.41. The largest absolute Gasteiger partial charge is 0.382 e. The van der Waals surface area contributed by atoms with Crippen LogP contribution in [0.1, 0.15) is 19.8 Å². The van der Waals surface area contributed by atoms with Gasteiger partial charge in [-0.3, -0.25) is 9.63 Å². The third kappa shape index (κ3) is 4.15. The molecule has 1 rings (SSSR count). The number of hydroxylamine groups is 1. The molecule has 88 valence electrons. The average Bonchev–Trinajstić information content (AvgIpc) is 2.25. The summed E-state index contributed by atoms with van der Waals surface area (Å²) in [6.45, 7) is 3.84. The molecular weight excluding hydrogens is 196 g/mol. The van der Waals surface area contributed by atoms with Crippen LogP contribution in [0.25, 0.3) is 0 Å². The van der Waals surface area contributed by atoms with Crippen LogP contribution in [0.3, 0.4) is 0 Å². The van der Waals surface area contributed by atoms with E-state index in [9.17, 15) is 4.79 Å². The van der Waals surface area contributed by atoms with E-state index in [1.54, 1.807) is 7.11 Å². The van der Waals surface area contributed by atoms with Crippen molar-refractivity contribution in [2.45, 2.75) is 25.8 Å². The number of rotatable bonds is 5. The maximum absolute atomic E-state index is 11.6. The summed E-state index contributed by atoms with van der Waals surface area (Å²) in [5.41, 5.74) is 2.44. The van der Waals surface area contributed by atoms with Crippen molar-refractivity contribution >= 4 is 5.91 Å². The minimum atomic E-state index is -0.124. The highest BCUT2D eigenvalue weighted by molar-refractivity contribution is 5.81. The van der Waals surface area contributed by atoms with Crippen LogP contribution in [0.4, 0.5) is 0 Å². The molecule has 1 heterocycles. The predicted octanol–water partition coefficient (Wildman–Crippen LogP) is 0.0687. The summed E-state index contributed by atoms with van der Waals surface area (Å²) in [6, 6.07) is -0.124. The van der Waals surface area contributed by atoms with Crippen molar-refractivity contribution in [3.63, 3.8) is 0 Å². The molecule has 0 aliphatic carbocycles. The molecule has 15 heavy (non-hydrogen) atoms. The second-order valence-corrected chi connectivity index (χ2v) is 3.86. The highest BCUT2D eigenvalue weighted by atomic mass is 16.7. The summed E-state index contributed by atoms with van der Waals surface area (Å²) in [5, 5.41) is 3.19. The van der Waals surface area contributed by atoms with Gasteiger partial charge in [0, 0.05) is 7.11 Å². The summed E-state index contributed by atoms with van der Waals surface area (Å²) >= 11 is 0. The Bertz CT molecular complexity index is 199. The molecule has 0 aromatic carbocycles. The zero-order chi connectivity index (χ0) is 11.1. The number of piperidine rings is 1. The van der Waals surface area contributed by atoms with Gasteiger partial charge in [0.25, 0.3) is 5.91 Å². The molecule has 2 unspecified atom stereocenters. The van der Waals surface area contributed by atoms with E-state index in [-0.39, 0.29) is 11.9 Å². The van der Waals surface area contributed by atoms with Crippen LogP contribution in [-0.2, 0) is 14.4 Å². The standard InChI is InChI=1S/C10H20N2O3/c1-8-4-3-5-11-9(8)10(13)12-15-7-6-14-2/h8-9,11H,3-7H2,1-2H3,(H,12,13). The molecule has 0 saturated carbocycles. The van der Waals surface area contributed by atoms with E-state index in [1.807, 2.05) is 0 Å². The van der Waals surface area contributed by atoms with Gasteiger partial charge in [0.05, 0.1) is 19.3 Å². The number of hydrogen-bond acceptors (Lipinski definition) is 4. The summed E-state index contributed by atoms with van der Waals surface area (Å²) in [6.07, 6.45) is 2.22. The number of methoxy groups -OCH3 is 1. The first-order valence-electron chi connectivity index (χ1n) is 5.39. The van der Waals surface area contributed by atoms with Crippen molar-refractivity contribution in [3.05, 3.63) is 0 Å². The molecule has 1 fully saturated rings. The number of carbonyl (C=O) groups excluding carboxylic acids is 1. The average molecular weight is 216 g/mol. The number of amides is 1. The highest BCUT2D eigenvalue weighted by Gasteiger charge is 2.27. The Labute approximate surface area is 90.5 Å². The second-order valence-electron chi connectivity index (χ2n) is 3.86. The Kier molecular flexibility index (Phi) is 5.60. The molecule has 1 aliphatic heterocycles. The van der Waals surface area contributed by atoms with Gasteiger partial charge in [-0.25, -0.2) is 5.48 Å². The van der Waals surface area contributed by atoms with Crippen LogP contribution in [0.15, 0.2) is 0 Å². The molecular formula is C10H20N2O3. The number of carbonyl (C=O) groups is 1. The molecule has 0 spiro atoms. The van der Waals surface area contributed by atoms with Crippen LogP contribution in [0, 0.1) is 5.92 Å². The van der Waals surface area contributed by atoms with Gasteiger partial charge < -0.3 is 10.1 Å². The number of ether oxygens (including phenoxy) is 1. The Morgan fingerprint density at radius 2 is 2.33 bits per heavy atom. The summed E-state index contributed by atoms with van der Waals surface area (Å²) in [7, 11) is 1.59. The maximum atomic E-state index is 11.6. The Balaban J connectivity index is 2.20. The Morgan fingerprint density at radius 3 is 3.00 bits per heavy atom. The molecule has 1 amide bonds. The minimum absolute atomic E-state index is 0.0849. The van der Waals surface area contributed by atoms with Crippen molar-refractivity contribution in [1.82, 2.24) is 10.8 Å². The zero-order valence-corrected chi connectivity index (χ0v) is 9.41. The molecule has 5 nitrogen and oxygen atoms in total. The molecule has 1 aliphatic rings. The first-order valence-corrected chi connectivity index (χ1v) is 5.39. The van der Waals surface area contributed by atoms with Gasteiger partial charge >= 0.3 is 0 Å². The Hall–Kier alpha value is -0.650. The third-order valence-corrected chi connectivity index (χ3v) is 2.61. The minimum Gasteiger partial charge on any atom is -0.382 e. The number of hydrogen-bond donors (Lipinski definition) is 2. The Morgan fingerprint density at radius 1 is 1.53 bits per heavy atom. The van der Waals surface area contributed by atoms with Gasteiger partial charge in [-0.1, -0.05) is 6.92 Å². The van der Waals surface area contributed by atoms with Crippen molar-refractivity contribution in [3.8, 4) is 0 Å². The van der Waals surface area contributed by atoms with Crippen LogP contribution in [0.2, 0.25) is 0 Å². The van der Waals surface area contributed by atoms with Crippen molar-refractivity contribution in [2.24, 2.45) is 5.92 Å². The molecule has 0 bridgehead atoms. The molecule has 2 N–H and O–H groups in total. The number of nitrogens with one attached hydrogen (secondary N) is 2. The fourth-order valence-electron chi connectivity index (χ4n) is 1.71. The van der Waals surface area contributed by atoms with Crippen molar-refractivity contribution in [1.29, 1.82) is 0 Å². The van der Waals surface area contributed by atoms with Crippen LogP contribution >= 0.6 is 0 Å². The van der Waals surface area contributed by atoms with E-state index < -0.39 is 0 Å². The third-order valence-electron chi connectivity index (χ3n) is 2.61. The first-order chi connectivity index (χ1) is 7.25. The second kappa shape index (κ2) is 6.76. The smallest absolute Gasteiger partial charge is 0.260 e. The van der Waals surface area contributed by atoms with E-state index >= 15 is 0 Å². The first kappa shape index (κ1) is 12.4. The normalized spacial score (nSPS) is 26.3. The fraction of sp³-hybridized carbons (Fsp3) is 0.900. The SMILES string of the molecule is COCCONC(=O)C1NCCCC1C. The van der Waals surface area contributed by atoms with Gasteiger partial charge in [0.15, 0.2) is 0 Å². The lowest BCUT2D eigenvalue weighted by Crippen LogP contribution is -2.50. The molecule has 2 atom stereocenters.